The molecule has 0 rings (SSSR count). The van der Waals surface area contributed by atoms with Gasteiger partial charge in [0.2, 0.25) is 17.7 Å². The summed E-state index contributed by atoms with van der Waals surface area (Å²) in [6.07, 6.45) is 6.06. The van der Waals surface area contributed by atoms with Gasteiger partial charge in [-0.05, 0) is 12.8 Å². The number of amides is 3. The number of aliphatic hydroxyl groups excluding tert-OH is 1. The van der Waals surface area contributed by atoms with Gasteiger partial charge in [-0.1, -0.05) is 19.3 Å². The first-order valence-corrected chi connectivity index (χ1v) is 8.32. The molecule has 0 bridgehead atoms. The molecule has 0 saturated carbocycles. The lowest BCUT2D eigenvalue weighted by Gasteiger charge is -2.01. The Bertz CT molecular complexity index is 320. The number of carbonyl (C=O) groups is 3. The van der Waals surface area contributed by atoms with Gasteiger partial charge < -0.3 is 25.8 Å². The number of hydrogen-bond acceptors (Lipinski definition) is 5. The maximum Gasteiger partial charge on any atom is 0.245 e. The van der Waals surface area contributed by atoms with E-state index in [1.807, 2.05) is 0 Å². The number of likely N-dealkylation sites (N-methyl/N-ethyl adjacent to an activating group) is 1. The summed E-state index contributed by atoms with van der Waals surface area (Å²) < 4.78 is 4.89. The van der Waals surface area contributed by atoms with Crippen molar-refractivity contribution < 1.29 is 24.2 Å². The molecule has 0 aromatic heterocycles. The minimum Gasteiger partial charge on any atom is -0.396 e. The van der Waals surface area contributed by atoms with E-state index in [1.165, 1.54) is 7.05 Å². The van der Waals surface area contributed by atoms with Crippen molar-refractivity contribution in [1.29, 1.82) is 0 Å². The van der Waals surface area contributed by atoms with Gasteiger partial charge in [-0.25, -0.2) is 0 Å². The van der Waals surface area contributed by atoms with E-state index in [1.54, 1.807) is 14.1 Å². The molecule has 0 radical (unpaired) electrons. The average Bonchev–Trinajstić information content (AvgIpc) is 2.61. The lowest BCUT2D eigenvalue weighted by Crippen LogP contribution is -2.25. The van der Waals surface area contributed by atoms with E-state index in [0.29, 0.717) is 6.42 Å². The van der Waals surface area contributed by atoms with Crippen LogP contribution < -0.4 is 16.0 Å². The SMILES string of the molecule is CNC(=O)CCCCCCCO.CNC(=O)CCOCC(=O)NC. The third-order valence-electron chi connectivity index (χ3n) is 3.11. The number of rotatable bonds is 12. The molecule has 0 aliphatic rings. The van der Waals surface area contributed by atoms with Gasteiger partial charge in [-0.15, -0.1) is 0 Å². The van der Waals surface area contributed by atoms with Crippen LogP contribution in [0.3, 0.4) is 0 Å². The highest BCUT2D eigenvalue weighted by atomic mass is 16.5. The van der Waals surface area contributed by atoms with Gasteiger partial charge in [0.1, 0.15) is 6.61 Å². The number of ether oxygens (including phenoxy) is 1. The third-order valence-corrected chi connectivity index (χ3v) is 3.11. The summed E-state index contributed by atoms with van der Waals surface area (Å²) in [5, 5.41) is 15.9. The lowest BCUT2D eigenvalue weighted by atomic mass is 10.1. The summed E-state index contributed by atoms with van der Waals surface area (Å²) >= 11 is 0. The Balaban J connectivity index is 0. The first-order valence-electron chi connectivity index (χ1n) is 8.32. The summed E-state index contributed by atoms with van der Waals surface area (Å²) in [6.45, 7) is 0.566. The van der Waals surface area contributed by atoms with Crippen LogP contribution in [-0.2, 0) is 19.1 Å². The Morgan fingerprint density at radius 3 is 1.79 bits per heavy atom. The van der Waals surface area contributed by atoms with E-state index in [4.69, 9.17) is 9.84 Å². The first kappa shape index (κ1) is 24.6. The van der Waals surface area contributed by atoms with E-state index in [-0.39, 0.29) is 44.0 Å². The van der Waals surface area contributed by atoms with Gasteiger partial charge in [0.05, 0.1) is 6.61 Å². The fraction of sp³-hybridized carbons (Fsp3) is 0.812. The third kappa shape index (κ3) is 20.3. The van der Waals surface area contributed by atoms with Crippen LogP contribution in [0.25, 0.3) is 0 Å². The molecule has 0 unspecified atom stereocenters. The van der Waals surface area contributed by atoms with Crippen molar-refractivity contribution in [2.24, 2.45) is 0 Å². The maximum atomic E-state index is 10.7. The topological polar surface area (TPSA) is 117 Å². The van der Waals surface area contributed by atoms with Crippen LogP contribution in [0.4, 0.5) is 0 Å². The Hall–Kier alpha value is -1.67. The summed E-state index contributed by atoms with van der Waals surface area (Å²) in [6, 6.07) is 0. The predicted molar refractivity (Wildman–Crippen MR) is 92.4 cm³/mol. The minimum atomic E-state index is -0.188. The van der Waals surface area contributed by atoms with Gasteiger partial charge in [0, 0.05) is 40.6 Å². The number of hydrogen-bond donors (Lipinski definition) is 4. The van der Waals surface area contributed by atoms with E-state index in [9.17, 15) is 14.4 Å². The van der Waals surface area contributed by atoms with E-state index in [0.717, 1.165) is 32.1 Å². The molecule has 0 heterocycles. The average molecular weight is 347 g/mol. The van der Waals surface area contributed by atoms with Gasteiger partial charge in [-0.3, -0.25) is 14.4 Å². The van der Waals surface area contributed by atoms with Crippen molar-refractivity contribution >= 4 is 17.7 Å². The fourth-order valence-electron chi connectivity index (χ4n) is 1.58. The zero-order chi connectivity index (χ0) is 18.6. The second-order valence-corrected chi connectivity index (χ2v) is 5.06. The van der Waals surface area contributed by atoms with Crippen LogP contribution in [0, 0.1) is 0 Å². The minimum absolute atomic E-state index is 0.00743. The summed E-state index contributed by atoms with van der Waals surface area (Å²) in [7, 11) is 4.75. The highest BCUT2D eigenvalue weighted by Crippen LogP contribution is 2.04. The number of aliphatic hydroxyl groups is 1. The van der Waals surface area contributed by atoms with Crippen molar-refractivity contribution in [2.45, 2.75) is 44.9 Å². The van der Waals surface area contributed by atoms with Crippen molar-refractivity contribution in [1.82, 2.24) is 16.0 Å². The van der Waals surface area contributed by atoms with Crippen LogP contribution in [-0.4, -0.2) is 63.8 Å². The molecule has 8 heteroatoms. The molecule has 142 valence electrons. The van der Waals surface area contributed by atoms with Gasteiger partial charge in [0.25, 0.3) is 0 Å². The van der Waals surface area contributed by atoms with Crippen molar-refractivity contribution in [3.8, 4) is 0 Å². The maximum absolute atomic E-state index is 10.7. The van der Waals surface area contributed by atoms with Crippen LogP contribution in [0.2, 0.25) is 0 Å². The van der Waals surface area contributed by atoms with Crippen molar-refractivity contribution in [3.63, 3.8) is 0 Å². The number of unbranched alkanes of at least 4 members (excludes halogenated alkanes) is 4. The molecule has 0 atom stereocenters. The molecule has 0 aromatic rings. The molecule has 0 aliphatic heterocycles. The molecule has 0 fully saturated rings. The van der Waals surface area contributed by atoms with Gasteiger partial charge in [-0.2, -0.15) is 0 Å². The summed E-state index contributed by atoms with van der Waals surface area (Å²) in [5.41, 5.74) is 0. The normalized spacial score (nSPS) is 9.50. The summed E-state index contributed by atoms with van der Waals surface area (Å²) in [5.74, 6) is -0.157. The second kappa shape index (κ2) is 19.4. The molecule has 24 heavy (non-hydrogen) atoms. The molecular weight excluding hydrogens is 314 g/mol. The second-order valence-electron chi connectivity index (χ2n) is 5.06. The highest BCUT2D eigenvalue weighted by Gasteiger charge is 2.00. The molecule has 4 N–H and O–H groups in total. The first-order chi connectivity index (χ1) is 11.5. The highest BCUT2D eigenvalue weighted by molar-refractivity contribution is 5.77. The molecule has 0 aromatic carbocycles. The van der Waals surface area contributed by atoms with Crippen LogP contribution in [0.15, 0.2) is 0 Å². The molecule has 0 saturated heterocycles. The Morgan fingerprint density at radius 1 is 0.750 bits per heavy atom. The molecule has 3 amide bonds. The lowest BCUT2D eigenvalue weighted by molar-refractivity contribution is -0.127. The fourth-order valence-corrected chi connectivity index (χ4v) is 1.58. The molecule has 8 nitrogen and oxygen atoms in total. The molecular formula is C16H33N3O5. The number of nitrogens with one attached hydrogen (secondary N) is 3. The molecule has 0 spiro atoms. The van der Waals surface area contributed by atoms with Gasteiger partial charge in [0.15, 0.2) is 0 Å². The Labute approximate surface area is 144 Å². The van der Waals surface area contributed by atoms with Gasteiger partial charge >= 0.3 is 0 Å². The Kier molecular flexibility index (Phi) is 19.8. The smallest absolute Gasteiger partial charge is 0.245 e. The van der Waals surface area contributed by atoms with E-state index >= 15 is 0 Å². The number of carbonyl (C=O) groups excluding carboxylic acids is 3. The van der Waals surface area contributed by atoms with Crippen molar-refractivity contribution in [2.75, 3.05) is 41.0 Å². The monoisotopic (exact) mass is 347 g/mol. The largest absolute Gasteiger partial charge is 0.396 e. The summed E-state index contributed by atoms with van der Waals surface area (Å²) in [4.78, 5) is 32.0. The predicted octanol–water partition coefficient (Wildman–Crippen LogP) is -0.0496. The van der Waals surface area contributed by atoms with E-state index in [2.05, 4.69) is 16.0 Å². The quantitative estimate of drug-likeness (QED) is 0.369. The zero-order valence-electron chi connectivity index (χ0n) is 15.2. The van der Waals surface area contributed by atoms with Crippen LogP contribution in [0.1, 0.15) is 44.9 Å². The van der Waals surface area contributed by atoms with Crippen LogP contribution in [0.5, 0.6) is 0 Å². The van der Waals surface area contributed by atoms with Crippen LogP contribution >= 0.6 is 0 Å². The standard InChI is InChI=1S/C9H19NO2.C7H14N2O3/c1-10-9(12)7-5-3-2-4-6-8-11;1-8-6(10)3-4-12-5-7(11)9-2/h11H,2-8H2,1H3,(H,10,12);3-5H2,1-2H3,(H,8,10)(H,9,11). The zero-order valence-corrected chi connectivity index (χ0v) is 15.2. The van der Waals surface area contributed by atoms with E-state index < -0.39 is 0 Å². The Morgan fingerprint density at radius 2 is 1.25 bits per heavy atom. The van der Waals surface area contributed by atoms with Crippen molar-refractivity contribution in [3.05, 3.63) is 0 Å². The molecule has 0 aliphatic carbocycles.